The molecule has 0 bridgehead atoms. The molecule has 20 heavy (non-hydrogen) atoms. The van der Waals surface area contributed by atoms with Crippen molar-refractivity contribution in [1.29, 1.82) is 0 Å². The zero-order chi connectivity index (χ0) is 15.0. The summed E-state index contributed by atoms with van der Waals surface area (Å²) in [5.74, 6) is 1.30. The molecule has 1 aliphatic rings. The van der Waals surface area contributed by atoms with Crippen molar-refractivity contribution in [3.05, 3.63) is 0 Å². The third-order valence-corrected chi connectivity index (χ3v) is 4.26. The maximum absolute atomic E-state index is 11.9. The van der Waals surface area contributed by atoms with Crippen molar-refractivity contribution in [1.82, 2.24) is 5.32 Å². The summed E-state index contributed by atoms with van der Waals surface area (Å²) in [5.41, 5.74) is 0. The van der Waals surface area contributed by atoms with Gasteiger partial charge >= 0.3 is 5.97 Å². The van der Waals surface area contributed by atoms with Gasteiger partial charge in [0.2, 0.25) is 0 Å². The highest BCUT2D eigenvalue weighted by Crippen LogP contribution is 2.30. The van der Waals surface area contributed by atoms with Crippen molar-refractivity contribution < 1.29 is 14.3 Å². The molecule has 1 aliphatic carbocycles. The maximum Gasteiger partial charge on any atom is 0.325 e. The highest BCUT2D eigenvalue weighted by molar-refractivity contribution is 5.75. The van der Waals surface area contributed by atoms with E-state index in [1.807, 2.05) is 6.92 Å². The summed E-state index contributed by atoms with van der Waals surface area (Å²) in [7, 11) is 0. The molecule has 1 fully saturated rings. The summed E-state index contributed by atoms with van der Waals surface area (Å²) in [6.45, 7) is 10.2. The molecule has 0 aromatic heterocycles. The first-order valence-corrected chi connectivity index (χ1v) is 8.10. The molecule has 1 saturated carbocycles. The Hall–Kier alpha value is -0.610. The minimum Gasteiger partial charge on any atom is -0.465 e. The first-order chi connectivity index (χ1) is 9.58. The van der Waals surface area contributed by atoms with E-state index in [0.29, 0.717) is 25.2 Å². The second kappa shape index (κ2) is 9.35. The lowest BCUT2D eigenvalue weighted by Gasteiger charge is -2.32. The topological polar surface area (TPSA) is 47.6 Å². The van der Waals surface area contributed by atoms with Gasteiger partial charge in [-0.25, -0.2) is 0 Å². The van der Waals surface area contributed by atoms with Gasteiger partial charge in [-0.3, -0.25) is 4.79 Å². The molecule has 4 nitrogen and oxygen atoms in total. The third kappa shape index (κ3) is 5.80. The van der Waals surface area contributed by atoms with Crippen LogP contribution in [0, 0.1) is 11.8 Å². The summed E-state index contributed by atoms with van der Waals surface area (Å²) in [6.07, 6.45) is 4.72. The Morgan fingerprint density at radius 2 is 2.00 bits per heavy atom. The van der Waals surface area contributed by atoms with Crippen molar-refractivity contribution in [3.63, 3.8) is 0 Å². The van der Waals surface area contributed by atoms with Gasteiger partial charge in [0.1, 0.15) is 6.04 Å². The molecule has 4 heteroatoms. The molecule has 1 N–H and O–H groups in total. The molecule has 0 aliphatic heterocycles. The molecule has 0 radical (unpaired) electrons. The third-order valence-electron chi connectivity index (χ3n) is 4.26. The van der Waals surface area contributed by atoms with Crippen LogP contribution in [0.15, 0.2) is 0 Å². The van der Waals surface area contributed by atoms with E-state index in [-0.39, 0.29) is 12.0 Å². The van der Waals surface area contributed by atoms with Crippen molar-refractivity contribution in [3.8, 4) is 0 Å². The number of carbonyl (C=O) groups excluding carboxylic acids is 1. The zero-order valence-electron chi connectivity index (χ0n) is 13.5. The molecular formula is C16H31NO3. The van der Waals surface area contributed by atoms with Crippen LogP contribution < -0.4 is 5.32 Å². The van der Waals surface area contributed by atoms with E-state index >= 15 is 0 Å². The van der Waals surface area contributed by atoms with Gasteiger partial charge in [0.15, 0.2) is 0 Å². The van der Waals surface area contributed by atoms with Crippen LogP contribution in [0.2, 0.25) is 0 Å². The van der Waals surface area contributed by atoms with E-state index in [0.717, 1.165) is 31.7 Å². The molecule has 4 unspecified atom stereocenters. The predicted molar refractivity (Wildman–Crippen MR) is 80.6 cm³/mol. The molecular weight excluding hydrogens is 254 g/mol. The smallest absolute Gasteiger partial charge is 0.325 e. The van der Waals surface area contributed by atoms with Gasteiger partial charge in [0.25, 0.3) is 0 Å². The van der Waals surface area contributed by atoms with Gasteiger partial charge in [0, 0.05) is 0 Å². The average molecular weight is 285 g/mol. The van der Waals surface area contributed by atoms with E-state index in [2.05, 4.69) is 26.1 Å². The van der Waals surface area contributed by atoms with Crippen molar-refractivity contribution in [2.24, 2.45) is 11.8 Å². The Kier molecular flexibility index (Phi) is 8.15. The SMILES string of the molecule is CCCNC(COC1CCC(C)C(C)C1)C(=O)OCC. The Morgan fingerprint density at radius 3 is 2.60 bits per heavy atom. The van der Waals surface area contributed by atoms with E-state index in [1.54, 1.807) is 0 Å². The highest BCUT2D eigenvalue weighted by atomic mass is 16.5. The number of hydrogen-bond acceptors (Lipinski definition) is 4. The molecule has 1 rings (SSSR count). The van der Waals surface area contributed by atoms with E-state index in [9.17, 15) is 4.79 Å². The number of rotatable bonds is 8. The lowest BCUT2D eigenvalue weighted by atomic mass is 9.80. The van der Waals surface area contributed by atoms with Gasteiger partial charge in [-0.05, 0) is 51.0 Å². The maximum atomic E-state index is 11.9. The minimum atomic E-state index is -0.329. The normalized spacial score (nSPS) is 28.1. The molecule has 0 aromatic carbocycles. The molecule has 0 saturated heterocycles. The fourth-order valence-corrected chi connectivity index (χ4v) is 2.65. The standard InChI is InChI=1S/C16H31NO3/c1-5-9-17-15(16(18)19-6-2)11-20-14-8-7-12(3)13(4)10-14/h12-15,17H,5-11H2,1-4H3. The molecule has 0 aromatic rings. The van der Waals surface area contributed by atoms with Gasteiger partial charge in [0.05, 0.1) is 19.3 Å². The van der Waals surface area contributed by atoms with Crippen molar-refractivity contribution in [2.75, 3.05) is 19.8 Å². The van der Waals surface area contributed by atoms with Crippen LogP contribution in [-0.2, 0) is 14.3 Å². The summed E-state index contributed by atoms with van der Waals surface area (Å²) in [4.78, 5) is 11.9. The number of hydrogen-bond donors (Lipinski definition) is 1. The lowest BCUT2D eigenvalue weighted by Crippen LogP contribution is -2.43. The highest BCUT2D eigenvalue weighted by Gasteiger charge is 2.27. The first kappa shape index (κ1) is 17.4. The summed E-state index contributed by atoms with van der Waals surface area (Å²) < 4.78 is 11.1. The minimum absolute atomic E-state index is 0.196. The van der Waals surface area contributed by atoms with Crippen LogP contribution in [0.5, 0.6) is 0 Å². The monoisotopic (exact) mass is 285 g/mol. The molecule has 4 atom stereocenters. The van der Waals surface area contributed by atoms with Crippen LogP contribution >= 0.6 is 0 Å². The van der Waals surface area contributed by atoms with Crippen molar-refractivity contribution >= 4 is 5.97 Å². The summed E-state index contributed by atoms with van der Waals surface area (Å²) in [5, 5.41) is 3.21. The van der Waals surface area contributed by atoms with Crippen LogP contribution in [0.4, 0.5) is 0 Å². The van der Waals surface area contributed by atoms with Gasteiger partial charge in [-0.15, -0.1) is 0 Å². The van der Waals surface area contributed by atoms with E-state index in [1.165, 1.54) is 6.42 Å². The lowest BCUT2D eigenvalue weighted by molar-refractivity contribution is -0.148. The largest absolute Gasteiger partial charge is 0.465 e. The number of esters is 1. The van der Waals surface area contributed by atoms with E-state index in [4.69, 9.17) is 9.47 Å². The zero-order valence-corrected chi connectivity index (χ0v) is 13.5. The Balaban J connectivity index is 2.38. The Labute approximate surface area is 123 Å². The van der Waals surface area contributed by atoms with Crippen LogP contribution in [0.1, 0.15) is 53.4 Å². The summed E-state index contributed by atoms with van der Waals surface area (Å²) in [6, 6.07) is -0.329. The fourth-order valence-electron chi connectivity index (χ4n) is 2.65. The number of nitrogens with one attached hydrogen (secondary N) is 1. The quantitative estimate of drug-likeness (QED) is 0.697. The average Bonchev–Trinajstić information content (AvgIpc) is 2.43. The Bertz CT molecular complexity index is 283. The second-order valence-corrected chi connectivity index (χ2v) is 5.98. The van der Waals surface area contributed by atoms with Crippen LogP contribution in [0.3, 0.4) is 0 Å². The van der Waals surface area contributed by atoms with Gasteiger partial charge in [-0.2, -0.15) is 0 Å². The van der Waals surface area contributed by atoms with Crippen molar-refractivity contribution in [2.45, 2.75) is 65.5 Å². The summed E-state index contributed by atoms with van der Waals surface area (Å²) >= 11 is 0. The number of carbonyl (C=O) groups is 1. The van der Waals surface area contributed by atoms with Crippen LogP contribution in [-0.4, -0.2) is 37.9 Å². The molecule has 0 amide bonds. The predicted octanol–water partition coefficient (Wildman–Crippen LogP) is 2.76. The fraction of sp³-hybridized carbons (Fsp3) is 0.938. The molecule has 0 spiro atoms. The van der Waals surface area contributed by atoms with Gasteiger partial charge in [-0.1, -0.05) is 20.8 Å². The van der Waals surface area contributed by atoms with E-state index < -0.39 is 0 Å². The Morgan fingerprint density at radius 1 is 1.25 bits per heavy atom. The first-order valence-electron chi connectivity index (χ1n) is 8.10. The molecule has 0 heterocycles. The second-order valence-electron chi connectivity index (χ2n) is 5.98. The van der Waals surface area contributed by atoms with Crippen LogP contribution in [0.25, 0.3) is 0 Å². The molecule has 118 valence electrons. The van der Waals surface area contributed by atoms with Gasteiger partial charge < -0.3 is 14.8 Å². The number of ether oxygens (including phenoxy) is 2.